The molecule has 1 fully saturated rings. The molecule has 1 aliphatic carbocycles. The first-order chi connectivity index (χ1) is 12.9. The minimum atomic E-state index is -3.57. The number of aliphatic carboxylic acids is 1. The van der Waals surface area contributed by atoms with Gasteiger partial charge in [-0.05, 0) is 61.8 Å². The van der Waals surface area contributed by atoms with Gasteiger partial charge in [0.2, 0.25) is 10.0 Å². The summed E-state index contributed by atoms with van der Waals surface area (Å²) < 4.78 is 40.3. The van der Waals surface area contributed by atoms with Crippen LogP contribution in [0.15, 0.2) is 41.8 Å². The highest BCUT2D eigenvalue weighted by molar-refractivity contribution is 7.92. The van der Waals surface area contributed by atoms with Gasteiger partial charge in [0.25, 0.3) is 0 Å². The molecule has 0 bridgehead atoms. The van der Waals surface area contributed by atoms with E-state index in [2.05, 4.69) is 4.72 Å². The molecule has 7 heteroatoms. The van der Waals surface area contributed by atoms with Crippen LogP contribution in [0.25, 0.3) is 6.08 Å². The molecular weight excluding hydrogens is 369 g/mol. The summed E-state index contributed by atoms with van der Waals surface area (Å²) in [6, 6.07) is 5.52. The van der Waals surface area contributed by atoms with E-state index >= 15 is 0 Å². The van der Waals surface area contributed by atoms with Gasteiger partial charge in [0, 0.05) is 17.9 Å². The zero-order valence-corrected chi connectivity index (χ0v) is 16.0. The van der Waals surface area contributed by atoms with Crippen LogP contribution < -0.4 is 4.72 Å². The van der Waals surface area contributed by atoms with Crippen LogP contribution in [-0.2, 0) is 14.8 Å². The molecule has 0 saturated heterocycles. The van der Waals surface area contributed by atoms with E-state index in [1.807, 2.05) is 12.2 Å². The minimum absolute atomic E-state index is 0.100. The third-order valence-corrected chi connectivity index (χ3v) is 5.78. The first kappa shape index (κ1) is 21.3. The van der Waals surface area contributed by atoms with E-state index in [4.69, 9.17) is 5.11 Å². The second-order valence-electron chi connectivity index (χ2n) is 6.81. The Balaban J connectivity index is 1.84. The van der Waals surface area contributed by atoms with Crippen LogP contribution in [0.3, 0.4) is 0 Å². The molecule has 2 unspecified atom stereocenters. The number of allylic oxidation sites excluding steroid dienone is 2. The molecular formula is C20H26FNO4S. The summed E-state index contributed by atoms with van der Waals surface area (Å²) in [7, 11) is -3.57. The van der Waals surface area contributed by atoms with Crippen molar-refractivity contribution in [3.63, 3.8) is 0 Å². The Kier molecular flexibility index (Phi) is 8.19. The third-order valence-electron chi connectivity index (χ3n) is 4.65. The Morgan fingerprint density at radius 2 is 1.96 bits per heavy atom. The molecule has 0 radical (unpaired) electrons. The number of rotatable bonds is 10. The van der Waals surface area contributed by atoms with E-state index in [9.17, 15) is 17.6 Å². The van der Waals surface area contributed by atoms with Crippen LogP contribution in [0.2, 0.25) is 0 Å². The maximum absolute atomic E-state index is 12.9. The van der Waals surface area contributed by atoms with Crippen LogP contribution in [0.5, 0.6) is 0 Å². The number of unbranched alkanes of at least 4 members (excludes halogenated alkanes) is 1. The lowest BCUT2D eigenvalue weighted by Gasteiger charge is -2.18. The maximum atomic E-state index is 12.9. The van der Waals surface area contributed by atoms with Gasteiger partial charge in [0.15, 0.2) is 0 Å². The molecule has 0 aromatic heterocycles. The van der Waals surface area contributed by atoms with Gasteiger partial charge in [0.1, 0.15) is 5.82 Å². The Bertz CT molecular complexity index is 772. The number of hydrogen-bond acceptors (Lipinski definition) is 3. The highest BCUT2D eigenvalue weighted by Crippen LogP contribution is 2.29. The third kappa shape index (κ3) is 8.05. The lowest BCUT2D eigenvalue weighted by atomic mass is 10.00. The largest absolute Gasteiger partial charge is 0.481 e. The van der Waals surface area contributed by atoms with E-state index in [0.29, 0.717) is 12.0 Å². The SMILES string of the molecule is O=C(O)CCCC=CCC1CCCC1NS(=O)(=O)C=Cc1ccc(F)cc1. The number of carboxylic acid groups (broad SMARTS) is 1. The second-order valence-corrected chi connectivity index (χ2v) is 8.41. The molecule has 0 amide bonds. The zero-order valence-electron chi connectivity index (χ0n) is 15.2. The van der Waals surface area contributed by atoms with Crippen LogP contribution in [0.4, 0.5) is 4.39 Å². The van der Waals surface area contributed by atoms with Gasteiger partial charge in [-0.15, -0.1) is 0 Å². The van der Waals surface area contributed by atoms with Crippen molar-refractivity contribution in [2.45, 2.75) is 51.0 Å². The lowest BCUT2D eigenvalue weighted by Crippen LogP contribution is -2.36. The minimum Gasteiger partial charge on any atom is -0.481 e. The van der Waals surface area contributed by atoms with Gasteiger partial charge in [-0.1, -0.05) is 30.7 Å². The van der Waals surface area contributed by atoms with Gasteiger partial charge in [-0.3, -0.25) is 4.79 Å². The van der Waals surface area contributed by atoms with Crippen molar-refractivity contribution in [3.05, 3.63) is 53.2 Å². The van der Waals surface area contributed by atoms with E-state index < -0.39 is 16.0 Å². The van der Waals surface area contributed by atoms with Crippen molar-refractivity contribution in [2.75, 3.05) is 0 Å². The van der Waals surface area contributed by atoms with Crippen molar-refractivity contribution < 1.29 is 22.7 Å². The molecule has 1 aromatic carbocycles. The standard InChI is InChI=1S/C20H26FNO4S/c21-18-12-10-16(11-13-18)14-15-27(25,26)22-19-8-5-7-17(19)6-3-1-2-4-9-20(23)24/h1,3,10-15,17,19,22H,2,4-9H2,(H,23,24). The summed E-state index contributed by atoms with van der Waals surface area (Å²) in [5, 5.41) is 9.73. The van der Waals surface area contributed by atoms with E-state index in [1.54, 1.807) is 0 Å². The molecule has 2 rings (SSSR count). The number of halogens is 1. The topological polar surface area (TPSA) is 83.5 Å². The van der Waals surface area contributed by atoms with E-state index in [-0.39, 0.29) is 24.2 Å². The van der Waals surface area contributed by atoms with Crippen LogP contribution in [0, 0.1) is 11.7 Å². The zero-order chi connectivity index (χ0) is 19.7. The smallest absolute Gasteiger partial charge is 0.303 e. The quantitative estimate of drug-likeness (QED) is 0.462. The highest BCUT2D eigenvalue weighted by atomic mass is 32.2. The Morgan fingerprint density at radius 3 is 2.67 bits per heavy atom. The van der Waals surface area contributed by atoms with Crippen molar-refractivity contribution in [2.24, 2.45) is 5.92 Å². The number of benzene rings is 1. The van der Waals surface area contributed by atoms with E-state index in [0.717, 1.165) is 37.5 Å². The molecule has 1 aromatic rings. The monoisotopic (exact) mass is 395 g/mol. The predicted molar refractivity (Wildman–Crippen MR) is 104 cm³/mol. The van der Waals surface area contributed by atoms with Crippen molar-refractivity contribution in [1.29, 1.82) is 0 Å². The fourth-order valence-corrected chi connectivity index (χ4v) is 4.37. The normalized spacial score (nSPS) is 20.6. The number of carboxylic acids is 1. The molecule has 0 aliphatic heterocycles. The fraction of sp³-hybridized carbons (Fsp3) is 0.450. The Labute approximate surface area is 160 Å². The summed E-state index contributed by atoms with van der Waals surface area (Å²) in [6.45, 7) is 0. The van der Waals surface area contributed by atoms with Gasteiger partial charge in [-0.2, -0.15) is 0 Å². The van der Waals surface area contributed by atoms with Gasteiger partial charge in [-0.25, -0.2) is 17.5 Å². The number of sulfonamides is 1. The van der Waals surface area contributed by atoms with Gasteiger partial charge >= 0.3 is 5.97 Å². The Hall–Kier alpha value is -1.99. The molecule has 1 aliphatic rings. The van der Waals surface area contributed by atoms with Crippen LogP contribution in [-0.4, -0.2) is 25.5 Å². The fourth-order valence-electron chi connectivity index (χ4n) is 3.23. The predicted octanol–water partition coefficient (Wildman–Crippen LogP) is 4.09. The lowest BCUT2D eigenvalue weighted by molar-refractivity contribution is -0.137. The average Bonchev–Trinajstić information content (AvgIpc) is 3.03. The summed E-state index contributed by atoms with van der Waals surface area (Å²) in [5.41, 5.74) is 0.619. The molecule has 5 nitrogen and oxygen atoms in total. The summed E-state index contributed by atoms with van der Waals surface area (Å²) in [5.74, 6) is -0.907. The first-order valence-electron chi connectivity index (χ1n) is 9.18. The molecule has 27 heavy (non-hydrogen) atoms. The molecule has 1 saturated carbocycles. The van der Waals surface area contributed by atoms with Crippen LogP contribution >= 0.6 is 0 Å². The van der Waals surface area contributed by atoms with E-state index in [1.165, 1.54) is 30.3 Å². The van der Waals surface area contributed by atoms with Gasteiger partial charge < -0.3 is 5.11 Å². The molecule has 0 spiro atoms. The molecule has 2 N–H and O–H groups in total. The molecule has 148 valence electrons. The number of nitrogens with one attached hydrogen (secondary N) is 1. The number of carbonyl (C=O) groups is 1. The Morgan fingerprint density at radius 1 is 1.22 bits per heavy atom. The summed E-state index contributed by atoms with van der Waals surface area (Å²) in [6.07, 6.45) is 10.5. The highest BCUT2D eigenvalue weighted by Gasteiger charge is 2.28. The van der Waals surface area contributed by atoms with Gasteiger partial charge in [0.05, 0.1) is 0 Å². The van der Waals surface area contributed by atoms with Crippen molar-refractivity contribution in [1.82, 2.24) is 4.72 Å². The average molecular weight is 395 g/mol. The molecule has 0 heterocycles. The van der Waals surface area contributed by atoms with Crippen LogP contribution in [0.1, 0.15) is 50.5 Å². The second kappa shape index (κ2) is 10.4. The maximum Gasteiger partial charge on any atom is 0.303 e. The van der Waals surface area contributed by atoms with Crippen molar-refractivity contribution in [3.8, 4) is 0 Å². The molecule has 2 atom stereocenters. The summed E-state index contributed by atoms with van der Waals surface area (Å²) in [4.78, 5) is 10.5. The first-order valence-corrected chi connectivity index (χ1v) is 10.7. The van der Waals surface area contributed by atoms with Crippen molar-refractivity contribution >= 4 is 22.1 Å². The number of hydrogen-bond donors (Lipinski definition) is 2. The summed E-state index contributed by atoms with van der Waals surface area (Å²) >= 11 is 0.